The Bertz CT molecular complexity index is 411. The minimum Gasteiger partial charge on any atom is -0.505 e. The van der Waals surface area contributed by atoms with Crippen LogP contribution in [0, 0.1) is 0 Å². The van der Waals surface area contributed by atoms with Gasteiger partial charge in [0.25, 0.3) is 5.91 Å². The molecule has 1 aromatic rings. The molecule has 2 atom stereocenters. The molecule has 2 rings (SSSR count). The van der Waals surface area contributed by atoms with Crippen molar-refractivity contribution in [2.24, 2.45) is 0 Å². The Labute approximate surface area is 105 Å². The normalized spacial score (nSPS) is 23.6. The number of rotatable bonds is 3. The smallest absolute Gasteiger partial charge is 0.273 e. The van der Waals surface area contributed by atoms with Gasteiger partial charge in [0.15, 0.2) is 5.69 Å². The first-order valence-corrected chi connectivity index (χ1v) is 6.99. The third-order valence-corrected chi connectivity index (χ3v) is 4.24. The first-order chi connectivity index (χ1) is 8.22. The monoisotopic (exact) mass is 252 g/mol. The highest BCUT2D eigenvalue weighted by Gasteiger charge is 2.28. The Kier molecular flexibility index (Phi) is 3.89. The molecular weight excluding hydrogens is 236 g/mol. The third kappa shape index (κ3) is 2.72. The minimum absolute atomic E-state index is 0.0660. The fourth-order valence-electron chi connectivity index (χ4n) is 2.18. The van der Waals surface area contributed by atoms with Crippen LogP contribution in [0.25, 0.3) is 0 Å². The number of amides is 1. The molecule has 0 aliphatic heterocycles. The molecule has 0 saturated heterocycles. The van der Waals surface area contributed by atoms with E-state index < -0.39 is 0 Å². The van der Waals surface area contributed by atoms with Crippen molar-refractivity contribution < 1.29 is 9.90 Å². The van der Waals surface area contributed by atoms with Crippen LogP contribution in [-0.4, -0.2) is 33.5 Å². The van der Waals surface area contributed by atoms with E-state index in [0.29, 0.717) is 5.25 Å². The van der Waals surface area contributed by atoms with Crippen LogP contribution >= 0.6 is 11.8 Å². The molecule has 1 heterocycles. The molecule has 1 amide bonds. The van der Waals surface area contributed by atoms with E-state index in [1.165, 1.54) is 12.3 Å². The molecule has 0 bridgehead atoms. The largest absolute Gasteiger partial charge is 0.505 e. The van der Waals surface area contributed by atoms with Gasteiger partial charge in [-0.15, -0.1) is 0 Å². The zero-order chi connectivity index (χ0) is 12.3. The molecule has 92 valence electrons. The van der Waals surface area contributed by atoms with Gasteiger partial charge < -0.3 is 10.4 Å². The summed E-state index contributed by atoms with van der Waals surface area (Å²) < 4.78 is 0. The Balaban J connectivity index is 2.04. The fraction of sp³-hybridized carbons (Fsp3) is 0.500. The average molecular weight is 252 g/mol. The average Bonchev–Trinajstić information content (AvgIpc) is 2.76. The molecule has 0 spiro atoms. The van der Waals surface area contributed by atoms with Crippen LogP contribution in [-0.2, 0) is 0 Å². The van der Waals surface area contributed by atoms with Crippen LogP contribution in [0.2, 0.25) is 0 Å². The Morgan fingerprint density at radius 1 is 1.59 bits per heavy atom. The SMILES string of the molecule is CSC1CCCC1NC(=O)c1ncccc1O. The van der Waals surface area contributed by atoms with E-state index >= 15 is 0 Å². The number of nitrogens with zero attached hydrogens (tertiary/aromatic N) is 1. The number of hydrogen-bond acceptors (Lipinski definition) is 4. The van der Waals surface area contributed by atoms with Crippen molar-refractivity contribution in [3.8, 4) is 5.75 Å². The summed E-state index contributed by atoms with van der Waals surface area (Å²) >= 11 is 1.78. The molecule has 2 N–H and O–H groups in total. The zero-order valence-corrected chi connectivity index (χ0v) is 10.5. The predicted molar refractivity (Wildman–Crippen MR) is 68.3 cm³/mol. The number of pyridine rings is 1. The molecule has 1 aliphatic carbocycles. The highest BCUT2D eigenvalue weighted by molar-refractivity contribution is 7.99. The zero-order valence-electron chi connectivity index (χ0n) is 9.72. The number of aromatic hydroxyl groups is 1. The molecule has 1 fully saturated rings. The van der Waals surface area contributed by atoms with Gasteiger partial charge in [-0.3, -0.25) is 4.79 Å². The number of carbonyl (C=O) groups is 1. The molecule has 5 heteroatoms. The van der Waals surface area contributed by atoms with Crippen molar-refractivity contribution in [1.82, 2.24) is 10.3 Å². The lowest BCUT2D eigenvalue weighted by molar-refractivity contribution is 0.0930. The van der Waals surface area contributed by atoms with Crippen molar-refractivity contribution in [2.75, 3.05) is 6.26 Å². The summed E-state index contributed by atoms with van der Waals surface area (Å²) in [6.45, 7) is 0. The van der Waals surface area contributed by atoms with Crippen LogP contribution in [0.15, 0.2) is 18.3 Å². The maximum Gasteiger partial charge on any atom is 0.273 e. The van der Waals surface area contributed by atoms with Crippen LogP contribution in [0.5, 0.6) is 5.75 Å². The van der Waals surface area contributed by atoms with E-state index in [-0.39, 0.29) is 23.4 Å². The van der Waals surface area contributed by atoms with E-state index in [1.54, 1.807) is 17.8 Å². The topological polar surface area (TPSA) is 62.2 Å². The first-order valence-electron chi connectivity index (χ1n) is 5.70. The molecule has 0 radical (unpaired) electrons. The maximum absolute atomic E-state index is 11.9. The molecule has 1 aliphatic rings. The van der Waals surface area contributed by atoms with Crippen molar-refractivity contribution >= 4 is 17.7 Å². The van der Waals surface area contributed by atoms with Gasteiger partial charge in [-0.2, -0.15) is 11.8 Å². The quantitative estimate of drug-likeness (QED) is 0.861. The summed E-state index contributed by atoms with van der Waals surface area (Å²) in [6.07, 6.45) is 6.86. The standard InChI is InChI=1S/C12H16N2O2S/c1-17-10-6-2-4-8(10)14-12(16)11-9(15)5-3-7-13-11/h3,5,7-8,10,15H,2,4,6H2,1H3,(H,14,16). The van der Waals surface area contributed by atoms with E-state index in [4.69, 9.17) is 0 Å². The number of thioether (sulfide) groups is 1. The van der Waals surface area contributed by atoms with E-state index in [2.05, 4.69) is 16.6 Å². The van der Waals surface area contributed by atoms with Crippen LogP contribution < -0.4 is 5.32 Å². The van der Waals surface area contributed by atoms with Gasteiger partial charge in [0.1, 0.15) is 5.75 Å². The first kappa shape index (κ1) is 12.2. The van der Waals surface area contributed by atoms with Gasteiger partial charge in [-0.05, 0) is 31.2 Å². The van der Waals surface area contributed by atoms with Crippen molar-refractivity contribution in [3.05, 3.63) is 24.0 Å². The minimum atomic E-state index is -0.283. The van der Waals surface area contributed by atoms with Gasteiger partial charge in [-0.25, -0.2) is 4.98 Å². The molecule has 1 aromatic heterocycles. The third-order valence-electron chi connectivity index (χ3n) is 3.07. The van der Waals surface area contributed by atoms with Gasteiger partial charge >= 0.3 is 0 Å². The van der Waals surface area contributed by atoms with E-state index in [0.717, 1.165) is 19.3 Å². The summed E-state index contributed by atoms with van der Waals surface area (Å²) in [4.78, 5) is 15.8. The number of hydrogen-bond donors (Lipinski definition) is 2. The second kappa shape index (κ2) is 5.40. The summed E-state index contributed by atoms with van der Waals surface area (Å²) in [6, 6.07) is 3.27. The summed E-state index contributed by atoms with van der Waals surface area (Å²) in [7, 11) is 0. The molecule has 1 saturated carbocycles. The predicted octanol–water partition coefficient (Wildman–Crippen LogP) is 1.80. The summed E-state index contributed by atoms with van der Waals surface area (Å²) in [5.74, 6) is -0.349. The van der Waals surface area contributed by atoms with Gasteiger partial charge in [0, 0.05) is 17.5 Å². The molecule has 0 aromatic carbocycles. The van der Waals surface area contributed by atoms with Crippen LogP contribution in [0.4, 0.5) is 0 Å². The molecule has 2 unspecified atom stereocenters. The van der Waals surface area contributed by atoms with Crippen LogP contribution in [0.3, 0.4) is 0 Å². The second-order valence-electron chi connectivity index (χ2n) is 4.16. The van der Waals surface area contributed by atoms with Gasteiger partial charge in [0.2, 0.25) is 0 Å². The van der Waals surface area contributed by atoms with E-state index in [1.807, 2.05) is 0 Å². The number of carbonyl (C=O) groups excluding carboxylic acids is 1. The van der Waals surface area contributed by atoms with Crippen LogP contribution in [0.1, 0.15) is 29.8 Å². The number of nitrogens with one attached hydrogen (secondary N) is 1. The Morgan fingerprint density at radius 3 is 3.12 bits per heavy atom. The molecule has 4 nitrogen and oxygen atoms in total. The van der Waals surface area contributed by atoms with Crippen molar-refractivity contribution in [1.29, 1.82) is 0 Å². The maximum atomic E-state index is 11.9. The summed E-state index contributed by atoms with van der Waals surface area (Å²) in [5, 5.41) is 13.0. The van der Waals surface area contributed by atoms with Crippen molar-refractivity contribution in [2.45, 2.75) is 30.6 Å². The second-order valence-corrected chi connectivity index (χ2v) is 5.23. The highest BCUT2D eigenvalue weighted by atomic mass is 32.2. The molecular formula is C12H16N2O2S. The Hall–Kier alpha value is -1.23. The van der Waals surface area contributed by atoms with Gasteiger partial charge in [-0.1, -0.05) is 6.42 Å². The molecule has 17 heavy (non-hydrogen) atoms. The Morgan fingerprint density at radius 2 is 2.41 bits per heavy atom. The summed E-state index contributed by atoms with van der Waals surface area (Å²) in [5.41, 5.74) is 0.110. The van der Waals surface area contributed by atoms with E-state index in [9.17, 15) is 9.90 Å². The lowest BCUT2D eigenvalue weighted by Crippen LogP contribution is -2.39. The van der Waals surface area contributed by atoms with Crippen molar-refractivity contribution in [3.63, 3.8) is 0 Å². The van der Waals surface area contributed by atoms with Gasteiger partial charge in [0.05, 0.1) is 0 Å². The lowest BCUT2D eigenvalue weighted by Gasteiger charge is -2.18. The number of aromatic nitrogens is 1. The fourth-order valence-corrected chi connectivity index (χ4v) is 3.12. The lowest BCUT2D eigenvalue weighted by atomic mass is 10.2. The highest BCUT2D eigenvalue weighted by Crippen LogP contribution is 2.28.